The largest absolute Gasteiger partial charge is 0.356 e. The van der Waals surface area contributed by atoms with E-state index in [4.69, 9.17) is 15.3 Å². The van der Waals surface area contributed by atoms with Gasteiger partial charge in [0.1, 0.15) is 5.69 Å². The lowest BCUT2D eigenvalue weighted by Crippen LogP contribution is -2.79. The Morgan fingerprint density at radius 3 is 2.35 bits per heavy atom. The zero-order valence-electron chi connectivity index (χ0n) is 8.69. The molecule has 0 amide bonds. The first kappa shape index (κ1) is 12.5. The van der Waals surface area contributed by atoms with Crippen molar-refractivity contribution in [2.75, 3.05) is 0 Å². The Morgan fingerprint density at radius 2 is 1.82 bits per heavy atom. The topological polar surface area (TPSA) is 138 Å². The zero-order valence-corrected chi connectivity index (χ0v) is 8.69. The Kier molecular flexibility index (Phi) is 3.67. The number of benzene rings is 1. The van der Waals surface area contributed by atoms with E-state index in [9.17, 15) is 10.1 Å². The molecule has 1 aromatic carbocycles. The van der Waals surface area contributed by atoms with Gasteiger partial charge in [0.2, 0.25) is 5.84 Å². The summed E-state index contributed by atoms with van der Waals surface area (Å²) in [6.45, 7) is 1.87. The Bertz CT molecular complexity index is 495. The molecule has 0 aliphatic carbocycles. The third kappa shape index (κ3) is 3.50. The van der Waals surface area contributed by atoms with Crippen LogP contribution in [-0.2, 0) is 0 Å². The Balaban J connectivity index is 0.000000317. The van der Waals surface area contributed by atoms with Gasteiger partial charge in [-0.3, -0.25) is 15.4 Å². The number of nitro benzene ring substituents is 1. The van der Waals surface area contributed by atoms with Gasteiger partial charge in [0.25, 0.3) is 5.69 Å². The first-order valence-electron chi connectivity index (χ1n) is 4.40. The molecule has 90 valence electrons. The van der Waals surface area contributed by atoms with Crippen LogP contribution in [-0.4, -0.2) is 15.8 Å². The minimum Gasteiger partial charge on any atom is -0.356 e. The monoisotopic (exact) mass is 240 g/mol. The summed E-state index contributed by atoms with van der Waals surface area (Å²) in [6, 6.07) is 4.67. The second kappa shape index (κ2) is 4.99. The molecule has 1 aromatic rings. The molecule has 0 atom stereocenters. The molecule has 1 aliphatic heterocycles. The Hall–Kier alpha value is -2.55. The van der Waals surface area contributed by atoms with E-state index in [1.54, 1.807) is 6.07 Å². The fourth-order valence-electron chi connectivity index (χ4n) is 1.32. The van der Waals surface area contributed by atoms with Gasteiger partial charge in [-0.1, -0.05) is 0 Å². The molecule has 0 saturated carbocycles. The molecule has 1 heterocycles. The molecule has 17 heavy (non-hydrogen) atoms. The van der Waals surface area contributed by atoms with E-state index in [1.807, 2.05) is 12.2 Å². The second-order valence-electron chi connectivity index (χ2n) is 3.12. The van der Waals surface area contributed by atoms with Crippen LogP contribution in [0, 0.1) is 25.4 Å². The number of rotatable bonds is 1. The minimum absolute atomic E-state index is 0.111. The zero-order chi connectivity index (χ0) is 13.0. The maximum atomic E-state index is 10.4. The smallest absolute Gasteiger partial charge is 0.275 e. The molecule has 0 spiro atoms. The van der Waals surface area contributed by atoms with Crippen molar-refractivity contribution in [2.45, 2.75) is 6.92 Å². The first-order chi connectivity index (χ1) is 7.90. The standard InChI is InChI=1S/C8H7N3O2.NO3/c1-5-9-7-3-2-6(11(12)13)4-8(7)10-5;2-1(3)4/h2-4H,1H3,(H,9,10);/q;-1/p+1. The summed E-state index contributed by atoms with van der Waals surface area (Å²) in [5.41, 5.74) is 1.75. The summed E-state index contributed by atoms with van der Waals surface area (Å²) in [6.07, 6.45) is 0. The fraction of sp³-hybridized carbons (Fsp3) is 0.125. The van der Waals surface area contributed by atoms with Gasteiger partial charge in [-0.15, -0.1) is 0 Å². The molecule has 2 rings (SSSR count). The number of aliphatic imine (C=N–C) groups is 1. The van der Waals surface area contributed by atoms with Crippen LogP contribution in [0.1, 0.15) is 6.92 Å². The molecule has 2 N–H and O–H groups in total. The van der Waals surface area contributed by atoms with Crippen molar-refractivity contribution in [3.05, 3.63) is 43.6 Å². The van der Waals surface area contributed by atoms with Crippen LogP contribution >= 0.6 is 0 Å². The quantitative estimate of drug-likeness (QED) is 0.435. The van der Waals surface area contributed by atoms with E-state index in [0.29, 0.717) is 0 Å². The summed E-state index contributed by atoms with van der Waals surface area (Å²) >= 11 is 0. The van der Waals surface area contributed by atoms with Crippen molar-refractivity contribution < 1.29 is 15.3 Å². The molecular formula is C8H8N4O5. The summed E-state index contributed by atoms with van der Waals surface area (Å²) in [5.74, 6) is 0.885. The number of nitro groups is 1. The van der Waals surface area contributed by atoms with E-state index in [2.05, 4.69) is 4.99 Å². The number of quaternary nitrogens is 1. The van der Waals surface area contributed by atoms with Crippen LogP contribution in [0.4, 0.5) is 17.1 Å². The van der Waals surface area contributed by atoms with Crippen LogP contribution in [0.5, 0.6) is 0 Å². The van der Waals surface area contributed by atoms with Crippen LogP contribution in [0.2, 0.25) is 0 Å². The number of non-ortho nitro benzene ring substituents is 1. The van der Waals surface area contributed by atoms with Crippen molar-refractivity contribution >= 4 is 22.9 Å². The lowest BCUT2D eigenvalue weighted by Gasteiger charge is -1.93. The third-order valence-electron chi connectivity index (χ3n) is 1.88. The number of hydrogen-bond acceptors (Lipinski definition) is 6. The number of hydrogen-bond donors (Lipinski definition) is 1. The Labute approximate surface area is 94.7 Å². The van der Waals surface area contributed by atoms with Gasteiger partial charge >= 0.3 is 0 Å². The van der Waals surface area contributed by atoms with E-state index in [0.717, 1.165) is 17.2 Å². The van der Waals surface area contributed by atoms with Gasteiger partial charge < -0.3 is 15.3 Å². The normalized spacial score (nSPS) is 11.9. The van der Waals surface area contributed by atoms with E-state index >= 15 is 0 Å². The molecule has 9 nitrogen and oxygen atoms in total. The summed E-state index contributed by atoms with van der Waals surface area (Å²) in [7, 11) is 0. The van der Waals surface area contributed by atoms with Crippen molar-refractivity contribution in [1.82, 2.24) is 0 Å². The molecule has 0 saturated heterocycles. The average molecular weight is 240 g/mol. The van der Waals surface area contributed by atoms with Gasteiger partial charge in [0, 0.05) is 13.0 Å². The molecule has 0 bridgehead atoms. The molecule has 0 aromatic heterocycles. The van der Waals surface area contributed by atoms with Crippen LogP contribution in [0.25, 0.3) is 0 Å². The van der Waals surface area contributed by atoms with E-state index < -0.39 is 10.0 Å². The molecule has 1 aliphatic rings. The molecule has 0 fully saturated rings. The predicted octanol–water partition coefficient (Wildman–Crippen LogP) is 0.614. The van der Waals surface area contributed by atoms with E-state index in [-0.39, 0.29) is 5.69 Å². The van der Waals surface area contributed by atoms with Gasteiger partial charge in [0.05, 0.1) is 16.1 Å². The van der Waals surface area contributed by atoms with Crippen LogP contribution in [0.3, 0.4) is 0 Å². The molecule has 0 radical (unpaired) electrons. The second-order valence-corrected chi connectivity index (χ2v) is 3.12. The van der Waals surface area contributed by atoms with Crippen molar-refractivity contribution in [2.24, 2.45) is 4.99 Å². The highest BCUT2D eigenvalue weighted by Gasteiger charge is 2.19. The molecule has 0 unspecified atom stereocenters. The average Bonchev–Trinajstić information content (AvgIpc) is 2.55. The lowest BCUT2D eigenvalue weighted by molar-refractivity contribution is -0.440. The van der Waals surface area contributed by atoms with Gasteiger partial charge in [-0.05, 0) is 6.07 Å². The highest BCUT2D eigenvalue weighted by atomic mass is 16.9. The number of nitrogens with zero attached hydrogens (tertiary/aromatic N) is 3. The summed E-state index contributed by atoms with van der Waals surface area (Å²) < 4.78 is 0. The van der Waals surface area contributed by atoms with Gasteiger partial charge in [-0.25, -0.2) is 0 Å². The van der Waals surface area contributed by atoms with Crippen LogP contribution in [0.15, 0.2) is 23.2 Å². The fourth-order valence-corrected chi connectivity index (χ4v) is 1.32. The maximum absolute atomic E-state index is 10.4. The first-order valence-corrected chi connectivity index (χ1v) is 4.40. The highest BCUT2D eigenvalue weighted by molar-refractivity contribution is 5.83. The van der Waals surface area contributed by atoms with Crippen LogP contribution < -0.4 is 5.32 Å². The number of fused-ring (bicyclic) bond motifs is 1. The SMILES string of the molecule is CC1=Nc2ccc([N+](=O)[O-])cc2[NH2+]1.O=[N+]([O-])[O-]. The van der Waals surface area contributed by atoms with Crippen molar-refractivity contribution in [3.8, 4) is 0 Å². The van der Waals surface area contributed by atoms with Gasteiger partial charge in [-0.2, -0.15) is 4.99 Å². The Morgan fingerprint density at radius 1 is 1.24 bits per heavy atom. The van der Waals surface area contributed by atoms with Gasteiger partial charge in [0.15, 0.2) is 5.69 Å². The minimum atomic E-state index is -1.75. The van der Waals surface area contributed by atoms with Crippen molar-refractivity contribution in [3.63, 3.8) is 0 Å². The number of nitrogens with two attached hydrogens (primary N) is 1. The van der Waals surface area contributed by atoms with E-state index in [1.165, 1.54) is 12.1 Å². The maximum Gasteiger partial charge on any atom is 0.275 e. The van der Waals surface area contributed by atoms with Crippen molar-refractivity contribution in [1.29, 1.82) is 0 Å². The molecule has 9 heteroatoms. The molecular weight excluding hydrogens is 232 g/mol. The highest BCUT2D eigenvalue weighted by Crippen LogP contribution is 2.27. The third-order valence-corrected chi connectivity index (χ3v) is 1.88. The summed E-state index contributed by atoms with van der Waals surface area (Å²) in [5, 5.41) is 27.0. The predicted molar refractivity (Wildman–Crippen MR) is 57.8 cm³/mol. The summed E-state index contributed by atoms with van der Waals surface area (Å²) in [4.78, 5) is 22.5. The number of amidine groups is 1. The lowest BCUT2D eigenvalue weighted by atomic mass is 10.2.